The van der Waals surface area contributed by atoms with Crippen LogP contribution >= 0.6 is 0 Å². The van der Waals surface area contributed by atoms with Gasteiger partial charge in [0.15, 0.2) is 0 Å². The van der Waals surface area contributed by atoms with E-state index < -0.39 is 5.60 Å². The molecule has 0 saturated heterocycles. The maximum absolute atomic E-state index is 11.9. The van der Waals surface area contributed by atoms with E-state index in [0.29, 0.717) is 18.8 Å². The van der Waals surface area contributed by atoms with Crippen LogP contribution in [0.4, 0.5) is 4.79 Å². The fourth-order valence-electron chi connectivity index (χ4n) is 3.16. The first-order chi connectivity index (χ1) is 10.2. The number of ether oxygens (including phenoxy) is 1. The first-order valence-electron chi connectivity index (χ1n) is 7.66. The second kappa shape index (κ2) is 5.93. The van der Waals surface area contributed by atoms with E-state index in [9.17, 15) is 9.90 Å². The van der Waals surface area contributed by atoms with Crippen molar-refractivity contribution in [2.75, 3.05) is 13.2 Å². The topological polar surface area (TPSA) is 70.6 Å². The summed E-state index contributed by atoms with van der Waals surface area (Å²) >= 11 is 0. The zero-order valence-electron chi connectivity index (χ0n) is 12.1. The van der Waals surface area contributed by atoms with E-state index in [4.69, 9.17) is 4.74 Å². The molecule has 1 aliphatic carbocycles. The van der Waals surface area contributed by atoms with Gasteiger partial charge in [0, 0.05) is 18.0 Å². The molecule has 0 radical (unpaired) electrons. The van der Waals surface area contributed by atoms with E-state index in [-0.39, 0.29) is 18.6 Å². The number of para-hydroxylation sites is 1. The van der Waals surface area contributed by atoms with Gasteiger partial charge in [-0.05, 0) is 18.9 Å². The molecule has 1 heterocycles. The zero-order valence-corrected chi connectivity index (χ0v) is 12.1. The summed E-state index contributed by atoms with van der Waals surface area (Å²) in [4.78, 5) is 11.9. The minimum atomic E-state index is -1.05. The number of fused-ring (bicyclic) bond motifs is 1. The average Bonchev–Trinajstić information content (AvgIpc) is 2.99. The average molecular weight is 290 g/mol. The Morgan fingerprint density at radius 3 is 2.90 bits per heavy atom. The van der Waals surface area contributed by atoms with Gasteiger partial charge in [0.2, 0.25) is 0 Å². The molecule has 1 aliphatic heterocycles. The van der Waals surface area contributed by atoms with Crippen molar-refractivity contribution in [2.24, 2.45) is 0 Å². The van der Waals surface area contributed by atoms with Gasteiger partial charge in [-0.1, -0.05) is 31.0 Å². The second-order valence-corrected chi connectivity index (χ2v) is 5.93. The van der Waals surface area contributed by atoms with Crippen LogP contribution in [0.5, 0.6) is 5.75 Å². The molecular formula is C16H22N2O3. The summed E-state index contributed by atoms with van der Waals surface area (Å²) in [5.41, 5.74) is -0.306. The van der Waals surface area contributed by atoms with Crippen molar-refractivity contribution < 1.29 is 14.6 Å². The molecule has 1 aromatic rings. The quantitative estimate of drug-likeness (QED) is 0.796. The van der Waals surface area contributed by atoms with E-state index >= 15 is 0 Å². The largest absolute Gasteiger partial charge is 0.493 e. The minimum absolute atomic E-state index is 0.195. The van der Waals surface area contributed by atoms with Crippen LogP contribution in [0.3, 0.4) is 0 Å². The van der Waals surface area contributed by atoms with Gasteiger partial charge >= 0.3 is 6.03 Å². The van der Waals surface area contributed by atoms with E-state index in [0.717, 1.165) is 18.4 Å². The van der Waals surface area contributed by atoms with E-state index in [2.05, 4.69) is 10.6 Å². The van der Waals surface area contributed by atoms with Crippen molar-refractivity contribution in [2.45, 2.75) is 43.7 Å². The van der Waals surface area contributed by atoms with Crippen molar-refractivity contribution in [3.63, 3.8) is 0 Å². The number of aliphatic hydroxyl groups is 1. The maximum atomic E-state index is 11.9. The van der Waals surface area contributed by atoms with Crippen LogP contribution in [0.15, 0.2) is 24.3 Å². The number of hydrogen-bond donors (Lipinski definition) is 3. The smallest absolute Gasteiger partial charge is 0.315 e. The standard InChI is InChI=1S/C16H22N2O3/c19-15(18-12-5-1-2-6-12)17-11-16(20)9-10-21-14-8-4-3-7-13(14)16/h3-4,7-8,12,20H,1-2,5-6,9-11H2,(H2,17,18,19). The van der Waals surface area contributed by atoms with Crippen LogP contribution in [0.25, 0.3) is 0 Å². The normalized spacial score (nSPS) is 25.0. The molecule has 21 heavy (non-hydrogen) atoms. The molecule has 3 N–H and O–H groups in total. The summed E-state index contributed by atoms with van der Waals surface area (Å²) in [6, 6.07) is 7.53. The minimum Gasteiger partial charge on any atom is -0.493 e. The molecule has 1 saturated carbocycles. The van der Waals surface area contributed by atoms with Crippen molar-refractivity contribution in [1.82, 2.24) is 10.6 Å². The number of nitrogens with one attached hydrogen (secondary N) is 2. The lowest BCUT2D eigenvalue weighted by Crippen LogP contribution is -2.48. The Morgan fingerprint density at radius 2 is 2.10 bits per heavy atom. The molecule has 0 bridgehead atoms. The molecule has 1 aromatic carbocycles. The van der Waals surface area contributed by atoms with Crippen LogP contribution in [-0.2, 0) is 5.60 Å². The number of carbonyl (C=O) groups is 1. The molecular weight excluding hydrogens is 268 g/mol. The van der Waals surface area contributed by atoms with Crippen molar-refractivity contribution in [3.8, 4) is 5.75 Å². The van der Waals surface area contributed by atoms with E-state index in [1.807, 2.05) is 24.3 Å². The molecule has 3 rings (SSSR count). The first-order valence-corrected chi connectivity index (χ1v) is 7.66. The van der Waals surface area contributed by atoms with Gasteiger partial charge in [0.25, 0.3) is 0 Å². The fourth-order valence-corrected chi connectivity index (χ4v) is 3.16. The zero-order chi connectivity index (χ0) is 14.7. The van der Waals surface area contributed by atoms with Gasteiger partial charge in [0.05, 0.1) is 13.2 Å². The predicted molar refractivity (Wildman–Crippen MR) is 79.2 cm³/mol. The van der Waals surface area contributed by atoms with E-state index in [1.165, 1.54) is 12.8 Å². The number of benzene rings is 1. The Kier molecular flexibility index (Phi) is 4.01. The Bertz CT molecular complexity index is 514. The highest BCUT2D eigenvalue weighted by Crippen LogP contribution is 2.36. The lowest BCUT2D eigenvalue weighted by molar-refractivity contribution is 0.00000657. The van der Waals surface area contributed by atoms with Crippen molar-refractivity contribution in [1.29, 1.82) is 0 Å². The molecule has 0 spiro atoms. The Morgan fingerprint density at radius 1 is 1.33 bits per heavy atom. The van der Waals surface area contributed by atoms with Crippen LogP contribution < -0.4 is 15.4 Å². The maximum Gasteiger partial charge on any atom is 0.315 e. The molecule has 1 atom stereocenters. The van der Waals surface area contributed by atoms with Crippen molar-refractivity contribution >= 4 is 6.03 Å². The van der Waals surface area contributed by atoms with Crippen LogP contribution in [-0.4, -0.2) is 30.3 Å². The molecule has 114 valence electrons. The van der Waals surface area contributed by atoms with Gasteiger partial charge < -0.3 is 20.5 Å². The third-order valence-electron chi connectivity index (χ3n) is 4.39. The number of urea groups is 1. The van der Waals surface area contributed by atoms with Gasteiger partial charge in [-0.25, -0.2) is 4.79 Å². The molecule has 2 amide bonds. The van der Waals surface area contributed by atoms with Gasteiger partial charge in [-0.3, -0.25) is 0 Å². The van der Waals surface area contributed by atoms with Gasteiger partial charge in [-0.15, -0.1) is 0 Å². The highest BCUT2D eigenvalue weighted by molar-refractivity contribution is 5.74. The molecule has 5 nitrogen and oxygen atoms in total. The van der Waals surface area contributed by atoms with Gasteiger partial charge in [0.1, 0.15) is 11.4 Å². The van der Waals surface area contributed by atoms with Gasteiger partial charge in [-0.2, -0.15) is 0 Å². The molecule has 1 unspecified atom stereocenters. The third-order valence-corrected chi connectivity index (χ3v) is 4.39. The lowest BCUT2D eigenvalue weighted by Gasteiger charge is -2.34. The number of hydrogen-bond acceptors (Lipinski definition) is 3. The summed E-state index contributed by atoms with van der Waals surface area (Å²) in [5.74, 6) is 0.698. The number of rotatable bonds is 3. The number of carbonyl (C=O) groups excluding carboxylic acids is 1. The lowest BCUT2D eigenvalue weighted by atomic mass is 9.88. The second-order valence-electron chi connectivity index (χ2n) is 5.93. The SMILES string of the molecule is O=C(NCC1(O)CCOc2ccccc21)NC1CCCC1. The van der Waals surface area contributed by atoms with Crippen molar-refractivity contribution in [3.05, 3.63) is 29.8 Å². The highest BCUT2D eigenvalue weighted by atomic mass is 16.5. The summed E-state index contributed by atoms with van der Waals surface area (Å²) in [5, 5.41) is 16.6. The summed E-state index contributed by atoms with van der Waals surface area (Å²) in [6.07, 6.45) is 4.94. The van der Waals surface area contributed by atoms with E-state index in [1.54, 1.807) is 0 Å². The Balaban J connectivity index is 1.60. The molecule has 1 fully saturated rings. The highest BCUT2D eigenvalue weighted by Gasteiger charge is 2.35. The molecule has 5 heteroatoms. The molecule has 2 aliphatic rings. The Hall–Kier alpha value is -1.75. The monoisotopic (exact) mass is 290 g/mol. The Labute approximate surface area is 124 Å². The fraction of sp³-hybridized carbons (Fsp3) is 0.562. The third kappa shape index (κ3) is 3.13. The van der Waals surface area contributed by atoms with Crippen LogP contribution in [0.1, 0.15) is 37.7 Å². The predicted octanol–water partition coefficient (Wildman–Crippen LogP) is 1.90. The van der Waals surface area contributed by atoms with Crippen LogP contribution in [0.2, 0.25) is 0 Å². The summed E-state index contributed by atoms with van der Waals surface area (Å²) in [6.45, 7) is 0.658. The molecule has 0 aromatic heterocycles. The number of amides is 2. The first kappa shape index (κ1) is 14.2. The van der Waals surface area contributed by atoms with Crippen LogP contribution in [0, 0.1) is 0 Å². The summed E-state index contributed by atoms with van der Waals surface area (Å²) in [7, 11) is 0. The summed E-state index contributed by atoms with van der Waals surface area (Å²) < 4.78 is 5.54.